The molecule has 2 aromatic rings. The van der Waals surface area contributed by atoms with Crippen LogP contribution >= 0.6 is 0 Å². The van der Waals surface area contributed by atoms with Crippen LogP contribution in [-0.4, -0.2) is 5.78 Å². The first-order valence-electron chi connectivity index (χ1n) is 5.70. The molecule has 0 atom stereocenters. The molecule has 0 fully saturated rings. The van der Waals surface area contributed by atoms with E-state index in [9.17, 15) is 9.18 Å². The van der Waals surface area contributed by atoms with Gasteiger partial charge in [0.2, 0.25) is 0 Å². The second-order valence-electron chi connectivity index (χ2n) is 4.32. The number of anilines is 1. The van der Waals surface area contributed by atoms with Crippen LogP contribution < -0.4 is 5.73 Å². The molecule has 0 heterocycles. The van der Waals surface area contributed by atoms with Crippen molar-refractivity contribution in [1.29, 1.82) is 0 Å². The minimum absolute atomic E-state index is 0.0956. The summed E-state index contributed by atoms with van der Waals surface area (Å²) in [4.78, 5) is 12.1. The van der Waals surface area contributed by atoms with Gasteiger partial charge < -0.3 is 5.73 Å². The molecular formula is C15H14FNO. The second-order valence-corrected chi connectivity index (χ2v) is 4.32. The van der Waals surface area contributed by atoms with E-state index in [2.05, 4.69) is 0 Å². The Hall–Kier alpha value is -2.16. The Kier molecular flexibility index (Phi) is 3.42. The number of carbonyl (C=O) groups is 1. The number of Topliss-reactive ketones (excluding diaryl/α,β-unsaturated/α-hetero) is 1. The molecule has 18 heavy (non-hydrogen) atoms. The number of rotatable bonds is 3. The SMILES string of the molecule is Cc1ccc(N)c(C(=O)Cc2cccc(F)c2)c1. The lowest BCUT2D eigenvalue weighted by atomic mass is 10.00. The number of carbonyl (C=O) groups excluding carboxylic acids is 1. The van der Waals surface area contributed by atoms with Crippen molar-refractivity contribution >= 4 is 11.5 Å². The highest BCUT2D eigenvalue weighted by molar-refractivity contribution is 6.02. The lowest BCUT2D eigenvalue weighted by Crippen LogP contribution is -2.07. The zero-order valence-corrected chi connectivity index (χ0v) is 10.1. The van der Waals surface area contributed by atoms with Crippen LogP contribution in [-0.2, 0) is 6.42 Å². The van der Waals surface area contributed by atoms with E-state index in [4.69, 9.17) is 5.73 Å². The molecule has 0 saturated heterocycles. The molecule has 0 spiro atoms. The fourth-order valence-corrected chi connectivity index (χ4v) is 1.84. The number of hydrogen-bond donors (Lipinski definition) is 1. The summed E-state index contributed by atoms with van der Waals surface area (Å²) < 4.78 is 13.0. The number of halogens is 1. The molecule has 2 aromatic carbocycles. The normalized spacial score (nSPS) is 10.3. The summed E-state index contributed by atoms with van der Waals surface area (Å²) in [6, 6.07) is 11.4. The molecule has 0 aliphatic rings. The molecule has 2 nitrogen and oxygen atoms in total. The van der Waals surface area contributed by atoms with Crippen molar-refractivity contribution in [3.8, 4) is 0 Å². The highest BCUT2D eigenvalue weighted by atomic mass is 19.1. The quantitative estimate of drug-likeness (QED) is 0.664. The zero-order chi connectivity index (χ0) is 13.1. The van der Waals surface area contributed by atoms with Crippen molar-refractivity contribution in [2.75, 3.05) is 5.73 Å². The summed E-state index contributed by atoms with van der Waals surface area (Å²) in [6.45, 7) is 1.90. The van der Waals surface area contributed by atoms with Crippen LogP contribution in [0, 0.1) is 12.7 Å². The van der Waals surface area contributed by atoms with Crippen LogP contribution in [0.5, 0.6) is 0 Å². The first kappa shape index (κ1) is 12.3. The molecule has 2 N–H and O–H groups in total. The lowest BCUT2D eigenvalue weighted by molar-refractivity contribution is 0.0993. The van der Waals surface area contributed by atoms with Gasteiger partial charge in [-0.25, -0.2) is 4.39 Å². The van der Waals surface area contributed by atoms with Crippen LogP contribution in [0.2, 0.25) is 0 Å². The monoisotopic (exact) mass is 243 g/mol. The van der Waals surface area contributed by atoms with E-state index in [1.807, 2.05) is 13.0 Å². The van der Waals surface area contributed by atoms with Crippen LogP contribution in [0.3, 0.4) is 0 Å². The summed E-state index contributed by atoms with van der Waals surface area (Å²) in [5.41, 5.74) is 8.37. The Bertz CT molecular complexity index is 593. The van der Waals surface area contributed by atoms with Crippen molar-refractivity contribution in [3.05, 3.63) is 65.0 Å². The number of aryl methyl sites for hydroxylation is 1. The maximum absolute atomic E-state index is 13.0. The molecule has 92 valence electrons. The second kappa shape index (κ2) is 5.00. The van der Waals surface area contributed by atoms with Crippen molar-refractivity contribution in [2.24, 2.45) is 0 Å². The Labute approximate surface area is 105 Å². The van der Waals surface area contributed by atoms with Crippen LogP contribution in [0.25, 0.3) is 0 Å². The van der Waals surface area contributed by atoms with Crippen LogP contribution in [0.15, 0.2) is 42.5 Å². The third-order valence-corrected chi connectivity index (χ3v) is 2.76. The predicted molar refractivity (Wildman–Crippen MR) is 70.0 cm³/mol. The van der Waals surface area contributed by atoms with Gasteiger partial charge in [0.25, 0.3) is 0 Å². The first-order chi connectivity index (χ1) is 8.56. The fourth-order valence-electron chi connectivity index (χ4n) is 1.84. The average Bonchev–Trinajstić information content (AvgIpc) is 2.32. The molecule has 0 aliphatic heterocycles. The van der Waals surface area contributed by atoms with Crippen LogP contribution in [0.1, 0.15) is 21.5 Å². The van der Waals surface area contributed by atoms with Crippen LogP contribution in [0.4, 0.5) is 10.1 Å². The molecule has 0 amide bonds. The minimum atomic E-state index is -0.336. The average molecular weight is 243 g/mol. The summed E-state index contributed by atoms with van der Waals surface area (Å²) in [6.07, 6.45) is 0.158. The van der Waals surface area contributed by atoms with Crippen molar-refractivity contribution in [3.63, 3.8) is 0 Å². The maximum atomic E-state index is 13.0. The van der Waals surface area contributed by atoms with Gasteiger partial charge in [0.05, 0.1) is 0 Å². The Morgan fingerprint density at radius 2 is 2.00 bits per heavy atom. The molecule has 2 rings (SSSR count). The number of ketones is 1. The highest BCUT2D eigenvalue weighted by Gasteiger charge is 2.11. The zero-order valence-electron chi connectivity index (χ0n) is 10.1. The predicted octanol–water partition coefficient (Wildman–Crippen LogP) is 3.14. The third kappa shape index (κ3) is 2.74. The molecule has 0 aliphatic carbocycles. The van der Waals surface area contributed by atoms with E-state index in [1.54, 1.807) is 24.3 Å². The van der Waals surface area contributed by atoms with Gasteiger partial charge in [0, 0.05) is 17.7 Å². The van der Waals surface area contributed by atoms with Crippen molar-refractivity contribution < 1.29 is 9.18 Å². The molecule has 0 unspecified atom stereocenters. The fraction of sp³-hybridized carbons (Fsp3) is 0.133. The van der Waals surface area contributed by atoms with Gasteiger partial charge in [0.1, 0.15) is 5.82 Å². The van der Waals surface area contributed by atoms with Crippen molar-refractivity contribution in [1.82, 2.24) is 0 Å². The minimum Gasteiger partial charge on any atom is -0.398 e. The Morgan fingerprint density at radius 1 is 1.22 bits per heavy atom. The van der Waals surface area contributed by atoms with Gasteiger partial charge in [-0.2, -0.15) is 0 Å². The van der Waals surface area contributed by atoms with E-state index in [1.165, 1.54) is 12.1 Å². The Morgan fingerprint density at radius 3 is 2.72 bits per heavy atom. The lowest BCUT2D eigenvalue weighted by Gasteiger charge is -2.06. The van der Waals surface area contributed by atoms with E-state index < -0.39 is 0 Å². The van der Waals surface area contributed by atoms with Crippen molar-refractivity contribution in [2.45, 2.75) is 13.3 Å². The molecule has 0 radical (unpaired) electrons. The topological polar surface area (TPSA) is 43.1 Å². The van der Waals surface area contributed by atoms with E-state index in [-0.39, 0.29) is 18.0 Å². The smallest absolute Gasteiger partial charge is 0.169 e. The number of benzene rings is 2. The number of nitrogen functional groups attached to an aromatic ring is 1. The van der Waals surface area contributed by atoms with Gasteiger partial charge in [0.15, 0.2) is 5.78 Å². The molecule has 0 saturated carbocycles. The number of nitrogens with two attached hydrogens (primary N) is 1. The molecule has 0 aromatic heterocycles. The summed E-state index contributed by atoms with van der Waals surface area (Å²) in [5.74, 6) is -0.431. The van der Waals surface area contributed by atoms with Gasteiger partial charge in [-0.1, -0.05) is 23.8 Å². The first-order valence-corrected chi connectivity index (χ1v) is 5.70. The van der Waals surface area contributed by atoms with Gasteiger partial charge >= 0.3 is 0 Å². The third-order valence-electron chi connectivity index (χ3n) is 2.76. The van der Waals surface area contributed by atoms with Gasteiger partial charge in [-0.3, -0.25) is 4.79 Å². The van der Waals surface area contributed by atoms with E-state index in [0.29, 0.717) is 16.8 Å². The molecular weight excluding hydrogens is 229 g/mol. The Balaban J connectivity index is 2.24. The summed E-state index contributed by atoms with van der Waals surface area (Å²) in [7, 11) is 0. The van der Waals surface area contributed by atoms with Gasteiger partial charge in [-0.15, -0.1) is 0 Å². The van der Waals surface area contributed by atoms with E-state index >= 15 is 0 Å². The number of hydrogen-bond acceptors (Lipinski definition) is 2. The van der Waals surface area contributed by atoms with Gasteiger partial charge in [-0.05, 0) is 36.8 Å². The highest BCUT2D eigenvalue weighted by Crippen LogP contribution is 2.17. The largest absolute Gasteiger partial charge is 0.398 e. The maximum Gasteiger partial charge on any atom is 0.169 e. The summed E-state index contributed by atoms with van der Waals surface area (Å²) >= 11 is 0. The van der Waals surface area contributed by atoms with E-state index in [0.717, 1.165) is 5.56 Å². The summed E-state index contributed by atoms with van der Waals surface area (Å²) in [5, 5.41) is 0. The molecule has 3 heteroatoms. The standard InChI is InChI=1S/C15H14FNO/c1-10-5-6-14(17)13(7-10)15(18)9-11-3-2-4-12(16)8-11/h2-8H,9,17H2,1H3. The molecule has 0 bridgehead atoms.